The van der Waals surface area contributed by atoms with Crippen LogP contribution in [-0.2, 0) is 11.3 Å². The Hall–Kier alpha value is -1.57. The number of carbonyl (C=O) groups is 1. The van der Waals surface area contributed by atoms with Crippen LogP contribution in [0.1, 0.15) is 5.56 Å². The smallest absolute Gasteiger partial charge is 0.313 e. The van der Waals surface area contributed by atoms with E-state index in [1.165, 1.54) is 4.90 Å². The van der Waals surface area contributed by atoms with Crippen LogP contribution in [0.15, 0.2) is 36.4 Å². The second-order valence-corrected chi connectivity index (χ2v) is 6.74. The van der Waals surface area contributed by atoms with Gasteiger partial charge in [0, 0.05) is 10.4 Å². The van der Waals surface area contributed by atoms with E-state index in [-0.39, 0.29) is 22.2 Å². The number of carboxylic acids is 1. The lowest BCUT2D eigenvalue weighted by atomic mass is 10.0. The minimum atomic E-state index is -1.00. The Labute approximate surface area is 150 Å². The van der Waals surface area contributed by atoms with Crippen LogP contribution >= 0.6 is 39.3 Å². The average molecular weight is 415 g/mol. The third kappa shape index (κ3) is 4.46. The number of halogens is 2. The van der Waals surface area contributed by atoms with E-state index >= 15 is 0 Å². The van der Waals surface area contributed by atoms with Crippen molar-refractivity contribution < 1.29 is 9.90 Å². The van der Waals surface area contributed by atoms with E-state index < -0.39 is 5.97 Å². The number of amidine groups is 2. The Morgan fingerprint density at radius 3 is 2.48 bits per heavy atom. The van der Waals surface area contributed by atoms with Gasteiger partial charge in [0.05, 0.1) is 12.3 Å². The molecule has 2 aromatic rings. The molecule has 0 heterocycles. The molecular weight excluding hydrogens is 402 g/mol. The van der Waals surface area contributed by atoms with E-state index in [9.17, 15) is 4.79 Å². The van der Waals surface area contributed by atoms with Gasteiger partial charge in [-0.2, -0.15) is 0 Å². The van der Waals surface area contributed by atoms with Crippen molar-refractivity contribution in [2.24, 2.45) is 0 Å². The number of benzene rings is 2. The molecule has 0 aliphatic heterocycles. The van der Waals surface area contributed by atoms with Gasteiger partial charge in [0.1, 0.15) is 0 Å². The Morgan fingerprint density at radius 2 is 1.87 bits per heavy atom. The molecule has 0 bridgehead atoms. The van der Waals surface area contributed by atoms with Crippen molar-refractivity contribution in [3.8, 4) is 0 Å². The molecule has 0 spiro atoms. The normalized spacial score (nSPS) is 10.5. The molecule has 0 saturated heterocycles. The minimum Gasteiger partial charge on any atom is -0.481 e. The maximum Gasteiger partial charge on any atom is 0.313 e. The number of carboxylic acid groups (broad SMARTS) is 1. The summed E-state index contributed by atoms with van der Waals surface area (Å²) in [6, 6.07) is 11.3. The van der Waals surface area contributed by atoms with Crippen LogP contribution in [0, 0.1) is 10.8 Å². The molecule has 0 atom stereocenters. The molecule has 0 aromatic heterocycles. The largest absolute Gasteiger partial charge is 0.481 e. The summed E-state index contributed by atoms with van der Waals surface area (Å²) in [4.78, 5) is 12.0. The minimum absolute atomic E-state index is 0.000537. The maximum atomic E-state index is 10.7. The molecule has 8 heteroatoms. The summed E-state index contributed by atoms with van der Waals surface area (Å²) in [6.07, 6.45) is 0. The van der Waals surface area contributed by atoms with Gasteiger partial charge in [-0.15, -0.1) is 0 Å². The Morgan fingerprint density at radius 1 is 1.22 bits per heavy atom. The van der Waals surface area contributed by atoms with E-state index in [0.717, 1.165) is 28.1 Å². The van der Waals surface area contributed by atoms with Crippen LogP contribution in [0.2, 0.25) is 5.02 Å². The summed E-state index contributed by atoms with van der Waals surface area (Å²) in [6.45, 7) is 0.271. The summed E-state index contributed by atoms with van der Waals surface area (Å²) < 4.78 is -0.000537. The van der Waals surface area contributed by atoms with Gasteiger partial charge < -0.3 is 5.11 Å². The van der Waals surface area contributed by atoms with Crippen molar-refractivity contribution in [3.63, 3.8) is 0 Å². The van der Waals surface area contributed by atoms with Crippen molar-refractivity contribution in [2.45, 2.75) is 6.54 Å². The van der Waals surface area contributed by atoms with Crippen LogP contribution in [-0.4, -0.2) is 31.6 Å². The number of fused-ring (bicyclic) bond motifs is 1. The van der Waals surface area contributed by atoms with Gasteiger partial charge in [-0.1, -0.05) is 53.7 Å². The van der Waals surface area contributed by atoms with Gasteiger partial charge >= 0.3 is 5.97 Å². The SMILES string of the molecule is N=C(Br)N(Cc1ccc(Cl)c2ccccc12)C(=N)SCC(=O)O. The summed E-state index contributed by atoms with van der Waals surface area (Å²) in [7, 11) is 0. The quantitative estimate of drug-likeness (QED) is 0.393. The molecule has 5 nitrogen and oxygen atoms in total. The fourth-order valence-electron chi connectivity index (χ4n) is 2.07. The first-order valence-corrected chi connectivity index (χ1v) is 8.66. The first-order valence-electron chi connectivity index (χ1n) is 6.51. The molecule has 0 aliphatic rings. The molecule has 2 rings (SSSR count). The van der Waals surface area contributed by atoms with Gasteiger partial charge in [0.15, 0.2) is 9.91 Å². The number of hydrogen-bond donors (Lipinski definition) is 3. The number of aliphatic carboxylic acids is 1. The highest BCUT2D eigenvalue weighted by atomic mass is 79.9. The molecular formula is C15H13BrClN3O2S. The topological polar surface area (TPSA) is 88.2 Å². The molecule has 3 N–H and O–H groups in total. The van der Waals surface area contributed by atoms with Crippen LogP contribution in [0.25, 0.3) is 10.8 Å². The average Bonchev–Trinajstić information content (AvgIpc) is 2.52. The fourth-order valence-corrected chi connectivity index (χ4v) is 3.29. The van der Waals surface area contributed by atoms with Gasteiger partial charge in [0.25, 0.3) is 0 Å². The van der Waals surface area contributed by atoms with E-state index in [1.807, 2.05) is 30.3 Å². The highest BCUT2D eigenvalue weighted by molar-refractivity contribution is 9.18. The Bertz CT molecular complexity index is 784. The zero-order valence-corrected chi connectivity index (χ0v) is 15.0. The number of nitrogens with zero attached hydrogens (tertiary/aromatic N) is 1. The van der Waals surface area contributed by atoms with Gasteiger partial charge in [-0.05, 0) is 32.9 Å². The predicted octanol–water partition coefficient (Wildman–Crippen LogP) is 4.38. The Balaban J connectivity index is 2.31. The van der Waals surface area contributed by atoms with Crippen LogP contribution in [0.4, 0.5) is 0 Å². The lowest BCUT2D eigenvalue weighted by molar-refractivity contribution is -0.133. The van der Waals surface area contributed by atoms with Crippen LogP contribution < -0.4 is 0 Å². The van der Waals surface area contributed by atoms with Crippen LogP contribution in [0.3, 0.4) is 0 Å². The van der Waals surface area contributed by atoms with E-state index in [1.54, 1.807) is 6.07 Å². The highest BCUT2D eigenvalue weighted by Crippen LogP contribution is 2.28. The molecule has 0 amide bonds. The summed E-state index contributed by atoms with van der Waals surface area (Å²) in [5.74, 6) is -1.23. The second kappa shape index (κ2) is 7.81. The third-order valence-corrected chi connectivity index (χ3v) is 4.75. The van der Waals surface area contributed by atoms with Crippen molar-refractivity contribution in [1.82, 2.24) is 4.90 Å². The lowest BCUT2D eigenvalue weighted by Gasteiger charge is -2.22. The summed E-state index contributed by atoms with van der Waals surface area (Å²) >= 11 is 10.1. The molecule has 120 valence electrons. The maximum absolute atomic E-state index is 10.7. The van der Waals surface area contributed by atoms with Gasteiger partial charge in [-0.25, -0.2) is 0 Å². The van der Waals surface area contributed by atoms with Crippen molar-refractivity contribution in [3.05, 3.63) is 47.0 Å². The molecule has 0 aliphatic carbocycles. The predicted molar refractivity (Wildman–Crippen MR) is 99.0 cm³/mol. The Kier molecular flexibility index (Phi) is 6.04. The number of rotatable bonds is 4. The fraction of sp³-hybridized carbons (Fsp3) is 0.133. The number of hydrogen-bond acceptors (Lipinski definition) is 4. The molecule has 0 radical (unpaired) electrons. The molecule has 23 heavy (non-hydrogen) atoms. The van der Waals surface area contributed by atoms with E-state index in [2.05, 4.69) is 15.9 Å². The number of nitrogens with one attached hydrogen (secondary N) is 2. The molecule has 0 saturated carbocycles. The molecule has 0 unspecified atom stereocenters. The summed E-state index contributed by atoms with van der Waals surface area (Å²) in [5, 5.41) is 27.0. The lowest BCUT2D eigenvalue weighted by Crippen LogP contribution is -2.31. The standard InChI is InChI=1S/C15H13BrClN3O2S/c16-14(18)20(15(19)23-8-13(21)22)7-9-5-6-12(17)11-4-2-1-3-10(9)11/h1-6,18-19H,7-8H2,(H,21,22). The monoisotopic (exact) mass is 413 g/mol. The first-order chi connectivity index (χ1) is 10.9. The number of thioether (sulfide) groups is 1. The van der Waals surface area contributed by atoms with Crippen LogP contribution in [0.5, 0.6) is 0 Å². The van der Waals surface area contributed by atoms with E-state index in [0.29, 0.717) is 5.02 Å². The van der Waals surface area contributed by atoms with Crippen molar-refractivity contribution in [1.29, 1.82) is 10.8 Å². The summed E-state index contributed by atoms with van der Waals surface area (Å²) in [5.41, 5.74) is 0.898. The third-order valence-electron chi connectivity index (χ3n) is 3.10. The van der Waals surface area contributed by atoms with Crippen molar-refractivity contribution >= 4 is 65.9 Å². The zero-order valence-electron chi connectivity index (χ0n) is 11.8. The molecule has 2 aromatic carbocycles. The van der Waals surface area contributed by atoms with E-state index in [4.69, 9.17) is 27.5 Å². The first kappa shape index (κ1) is 17.8. The highest BCUT2D eigenvalue weighted by Gasteiger charge is 2.17. The second-order valence-electron chi connectivity index (χ2n) is 4.62. The van der Waals surface area contributed by atoms with Gasteiger partial charge in [0.2, 0.25) is 0 Å². The zero-order chi connectivity index (χ0) is 17.0. The van der Waals surface area contributed by atoms with Crippen molar-refractivity contribution in [2.75, 3.05) is 5.75 Å². The molecule has 0 fully saturated rings. The van der Waals surface area contributed by atoms with Gasteiger partial charge in [-0.3, -0.25) is 20.5 Å².